The highest BCUT2D eigenvalue weighted by Crippen LogP contribution is 2.53. The lowest BCUT2D eigenvalue weighted by atomic mass is 9.61. The molecule has 1 aromatic carbocycles. The summed E-state index contributed by atoms with van der Waals surface area (Å²) in [4.78, 5) is 25.7. The van der Waals surface area contributed by atoms with Gasteiger partial charge in [-0.15, -0.1) is 0 Å². The molecule has 2 N–H and O–H groups in total. The van der Waals surface area contributed by atoms with Crippen LogP contribution in [0.5, 0.6) is 0 Å². The van der Waals surface area contributed by atoms with Crippen molar-refractivity contribution in [3.63, 3.8) is 0 Å². The number of nitrogens with zero attached hydrogens (tertiary/aromatic N) is 10. The molecule has 1 spiro atoms. The first kappa shape index (κ1) is 29.8. The number of likely N-dealkylation sites (tertiary alicyclic amines) is 1. The van der Waals surface area contributed by atoms with Crippen LogP contribution in [0.1, 0.15) is 79.5 Å². The second-order valence-corrected chi connectivity index (χ2v) is 14.0. The normalized spacial score (nSPS) is 21.3. The number of nitriles is 1. The zero-order valence-electron chi connectivity index (χ0n) is 27.8. The molecule has 0 bridgehead atoms. The van der Waals surface area contributed by atoms with Gasteiger partial charge in [0.25, 0.3) is 5.56 Å². The highest BCUT2D eigenvalue weighted by molar-refractivity contribution is 5.86. The molecule has 3 unspecified atom stereocenters. The molecule has 6 heterocycles. The number of hydrogen-bond donors (Lipinski definition) is 1. The Morgan fingerprint density at radius 1 is 1.12 bits per heavy atom. The molecule has 3 aliphatic rings. The van der Waals surface area contributed by atoms with Crippen LogP contribution in [0, 0.1) is 11.3 Å². The van der Waals surface area contributed by atoms with Gasteiger partial charge in [-0.2, -0.15) is 15.5 Å². The number of pyridine rings is 1. The van der Waals surface area contributed by atoms with Gasteiger partial charge in [-0.3, -0.25) is 4.79 Å². The lowest BCUT2D eigenvalue weighted by molar-refractivity contribution is 0.232. The number of benzene rings is 1. The van der Waals surface area contributed by atoms with E-state index in [9.17, 15) is 10.1 Å². The van der Waals surface area contributed by atoms with Crippen LogP contribution in [0.15, 0.2) is 46.1 Å². The van der Waals surface area contributed by atoms with Gasteiger partial charge in [-0.25, -0.2) is 19.3 Å². The van der Waals surface area contributed by atoms with Crippen LogP contribution < -0.4 is 11.3 Å². The van der Waals surface area contributed by atoms with Crippen molar-refractivity contribution in [1.82, 2.24) is 44.2 Å². The highest BCUT2D eigenvalue weighted by Gasteiger charge is 2.48. The van der Waals surface area contributed by atoms with Crippen molar-refractivity contribution in [2.45, 2.75) is 75.8 Å². The molecule has 1 fully saturated rings. The summed E-state index contributed by atoms with van der Waals surface area (Å²) in [5.74, 6) is 1.71. The molecule has 2 aliphatic carbocycles. The van der Waals surface area contributed by atoms with Crippen molar-refractivity contribution in [1.29, 1.82) is 5.26 Å². The second kappa shape index (κ2) is 10.8. The minimum absolute atomic E-state index is 0.0488. The summed E-state index contributed by atoms with van der Waals surface area (Å²) in [6.07, 6.45) is 12.8. The van der Waals surface area contributed by atoms with Gasteiger partial charge in [-0.05, 0) is 95.1 Å². The lowest BCUT2D eigenvalue weighted by Gasteiger charge is -2.41. The number of hydrogen-bond acceptors (Lipinski definition) is 10. The van der Waals surface area contributed by atoms with Gasteiger partial charge in [0, 0.05) is 42.1 Å². The molecule has 13 heteroatoms. The predicted molar refractivity (Wildman–Crippen MR) is 183 cm³/mol. The maximum atomic E-state index is 13.0. The maximum absolute atomic E-state index is 13.0. The summed E-state index contributed by atoms with van der Waals surface area (Å²) in [5, 5.41) is 26.0. The first-order valence-corrected chi connectivity index (χ1v) is 17.1. The Bertz CT molecular complexity index is 2410. The minimum atomic E-state index is -0.497. The molecule has 5 aromatic heterocycles. The fourth-order valence-electron chi connectivity index (χ4n) is 8.90. The number of aromatic nitrogens is 8. The third-order valence-corrected chi connectivity index (χ3v) is 11.3. The Balaban J connectivity index is 1.26. The van der Waals surface area contributed by atoms with E-state index < -0.39 is 5.41 Å². The van der Waals surface area contributed by atoms with Crippen molar-refractivity contribution in [2.24, 2.45) is 7.05 Å². The van der Waals surface area contributed by atoms with Gasteiger partial charge in [0.15, 0.2) is 34.3 Å². The zero-order valence-corrected chi connectivity index (χ0v) is 27.8. The Morgan fingerprint density at radius 3 is 2.76 bits per heavy atom. The predicted octanol–water partition coefficient (Wildman–Crippen LogP) is 4.59. The molecule has 1 aliphatic heterocycles. The number of likely N-dealkylation sites (N-methyl/N-ethyl adjacent to an activating group) is 1. The largest absolute Gasteiger partial charge is 0.398 e. The van der Waals surface area contributed by atoms with E-state index in [0.29, 0.717) is 51.2 Å². The fourth-order valence-corrected chi connectivity index (χ4v) is 8.90. The van der Waals surface area contributed by atoms with Crippen LogP contribution in [0.2, 0.25) is 0 Å². The fraction of sp³-hybridized carbons (Fsp3) is 0.417. The molecule has 0 saturated carbocycles. The smallest absolute Gasteiger partial charge is 0.278 e. The molecule has 6 aromatic rings. The number of anilines is 1. The summed E-state index contributed by atoms with van der Waals surface area (Å²) in [7, 11) is 3.88. The minimum Gasteiger partial charge on any atom is -0.398 e. The summed E-state index contributed by atoms with van der Waals surface area (Å²) >= 11 is 0. The van der Waals surface area contributed by atoms with Gasteiger partial charge < -0.3 is 19.7 Å². The van der Waals surface area contributed by atoms with Gasteiger partial charge in [0.05, 0.1) is 28.6 Å². The summed E-state index contributed by atoms with van der Waals surface area (Å²) < 4.78 is 11.5. The molecular weight excluding hydrogens is 618 g/mol. The maximum Gasteiger partial charge on any atom is 0.278 e. The van der Waals surface area contributed by atoms with Gasteiger partial charge in [0.2, 0.25) is 0 Å². The highest BCUT2D eigenvalue weighted by atomic mass is 16.5. The van der Waals surface area contributed by atoms with E-state index in [2.05, 4.69) is 31.0 Å². The van der Waals surface area contributed by atoms with E-state index in [1.165, 1.54) is 4.57 Å². The number of nitrogen functional groups attached to an aromatic ring is 1. The third kappa shape index (κ3) is 4.26. The van der Waals surface area contributed by atoms with E-state index >= 15 is 0 Å². The Kier molecular flexibility index (Phi) is 6.58. The van der Waals surface area contributed by atoms with Crippen molar-refractivity contribution < 1.29 is 4.52 Å². The first-order chi connectivity index (χ1) is 23.8. The topological polar surface area (TPSA) is 162 Å². The molecule has 3 atom stereocenters. The molecule has 0 radical (unpaired) electrons. The van der Waals surface area contributed by atoms with Gasteiger partial charge >= 0.3 is 0 Å². The van der Waals surface area contributed by atoms with Gasteiger partial charge in [0.1, 0.15) is 6.07 Å². The molecule has 0 amide bonds. The lowest BCUT2D eigenvalue weighted by Crippen LogP contribution is -2.36. The van der Waals surface area contributed by atoms with Crippen molar-refractivity contribution in [3.05, 3.63) is 75.2 Å². The average molecular weight is 656 g/mol. The Morgan fingerprint density at radius 2 is 1.96 bits per heavy atom. The number of nitrogens with two attached hydrogens (primary N) is 1. The first-order valence-electron chi connectivity index (χ1n) is 17.1. The molecule has 49 heavy (non-hydrogen) atoms. The van der Waals surface area contributed by atoms with Crippen molar-refractivity contribution in [2.75, 3.05) is 19.3 Å². The van der Waals surface area contributed by atoms with Crippen LogP contribution in [0.25, 0.3) is 39.3 Å². The van der Waals surface area contributed by atoms with E-state index in [-0.39, 0.29) is 11.6 Å². The standard InChI is InChI=1S/C36H37N11O2/c1-20(27-9-6-15-44(27)2)47-34-25(18-39-47)33(46-19-22-12-16-45(3)35(48)29(22)42-46)40-32(41-34)30-23-8-5-14-36(31(23)49-43-30)13-4-7-21-10-11-26(38)24(17-37)28(21)36/h10-12,16,18-20,27H,4-9,13-15,38H2,1-3H3. The van der Waals surface area contributed by atoms with Crippen LogP contribution in [-0.4, -0.2) is 63.8 Å². The van der Waals surface area contributed by atoms with Crippen LogP contribution in [-0.2, 0) is 25.3 Å². The van der Waals surface area contributed by atoms with Crippen molar-refractivity contribution in [3.8, 4) is 23.4 Å². The monoisotopic (exact) mass is 655 g/mol. The molecule has 1 saturated heterocycles. The molecular formula is C36H37N11O2. The molecule has 248 valence electrons. The van der Waals surface area contributed by atoms with Gasteiger partial charge in [-0.1, -0.05) is 11.2 Å². The average Bonchev–Trinajstić information content (AvgIpc) is 3.92. The summed E-state index contributed by atoms with van der Waals surface area (Å²) in [6.45, 7) is 3.23. The quantitative estimate of drug-likeness (QED) is 0.266. The van der Waals surface area contributed by atoms with E-state index in [4.69, 9.17) is 35.6 Å². The third-order valence-electron chi connectivity index (χ3n) is 11.3. The van der Waals surface area contributed by atoms with Crippen LogP contribution >= 0.6 is 0 Å². The SMILES string of the molecule is CC(C1CCCN1C)n1ncc2c(-n3cc4ccn(C)c(=O)c4n3)nc(-c3noc4c3CCCC43CCCc4ccc(N)c(C#N)c43)nc21. The number of fused-ring (bicyclic) bond motifs is 6. The van der Waals surface area contributed by atoms with Crippen LogP contribution in [0.4, 0.5) is 5.69 Å². The van der Waals surface area contributed by atoms with E-state index in [0.717, 1.165) is 85.7 Å². The van der Waals surface area contributed by atoms with E-state index in [1.807, 2.05) is 23.0 Å². The Hall–Kier alpha value is -5.35. The van der Waals surface area contributed by atoms with Crippen LogP contribution in [0.3, 0.4) is 0 Å². The summed E-state index contributed by atoms with van der Waals surface area (Å²) in [5.41, 5.74) is 11.4. The summed E-state index contributed by atoms with van der Waals surface area (Å²) in [6, 6.07) is 8.55. The molecule has 13 nitrogen and oxygen atoms in total. The molecule has 9 rings (SSSR count). The zero-order chi connectivity index (χ0) is 33.6. The van der Waals surface area contributed by atoms with Crippen molar-refractivity contribution >= 4 is 27.6 Å². The second-order valence-electron chi connectivity index (χ2n) is 14.0. The van der Waals surface area contributed by atoms with E-state index in [1.54, 1.807) is 24.1 Å². The Labute approximate surface area is 281 Å². The number of rotatable bonds is 4. The number of aryl methyl sites for hydroxylation is 2.